The minimum Gasteiger partial charge on any atom is -0.394 e. The molecule has 0 saturated carbocycles. The second-order valence-corrected chi connectivity index (χ2v) is 3.45. The van der Waals surface area contributed by atoms with Gasteiger partial charge in [-0.25, -0.2) is 0 Å². The summed E-state index contributed by atoms with van der Waals surface area (Å²) in [4.78, 5) is 15.7. The van der Waals surface area contributed by atoms with Gasteiger partial charge in [-0.15, -0.1) is 0 Å². The van der Waals surface area contributed by atoms with Crippen molar-refractivity contribution in [1.29, 1.82) is 0 Å². The Morgan fingerprint density at radius 2 is 2.40 bits per heavy atom. The molecule has 0 fully saturated rings. The lowest BCUT2D eigenvalue weighted by molar-refractivity contribution is 0.0914. The third-order valence-corrected chi connectivity index (χ3v) is 2.21. The van der Waals surface area contributed by atoms with Crippen LogP contribution in [0.2, 0.25) is 0 Å². The van der Waals surface area contributed by atoms with Crippen LogP contribution in [0.15, 0.2) is 18.3 Å². The molecule has 0 aromatic carbocycles. The van der Waals surface area contributed by atoms with Crippen LogP contribution in [0.1, 0.15) is 29.4 Å². The molecule has 1 rings (SSSR count). The van der Waals surface area contributed by atoms with E-state index >= 15 is 0 Å². The molecule has 1 amide bonds. The molecule has 0 bridgehead atoms. The Morgan fingerprint density at radius 3 is 2.93 bits per heavy atom. The summed E-state index contributed by atoms with van der Waals surface area (Å²) in [6, 6.07) is 3.21. The fourth-order valence-corrected chi connectivity index (χ4v) is 1.23. The highest BCUT2D eigenvalue weighted by Gasteiger charge is 2.10. The molecule has 0 saturated heterocycles. The molecule has 1 atom stereocenters. The summed E-state index contributed by atoms with van der Waals surface area (Å²) in [5.41, 5.74) is 1.38. The Labute approximate surface area is 89.3 Å². The zero-order valence-electron chi connectivity index (χ0n) is 9.03. The van der Waals surface area contributed by atoms with Crippen molar-refractivity contribution < 1.29 is 9.90 Å². The monoisotopic (exact) mass is 208 g/mol. The van der Waals surface area contributed by atoms with Crippen molar-refractivity contribution in [2.24, 2.45) is 0 Å². The highest BCUT2D eigenvalue weighted by molar-refractivity contribution is 5.94. The summed E-state index contributed by atoms with van der Waals surface area (Å²) in [5.74, 6) is -0.165. The van der Waals surface area contributed by atoms with Gasteiger partial charge in [-0.1, -0.05) is 6.92 Å². The van der Waals surface area contributed by atoms with Gasteiger partial charge in [0.2, 0.25) is 0 Å². The topological polar surface area (TPSA) is 62.2 Å². The maximum Gasteiger partial charge on any atom is 0.251 e. The van der Waals surface area contributed by atoms with E-state index in [1.165, 1.54) is 0 Å². The predicted molar refractivity (Wildman–Crippen MR) is 57.6 cm³/mol. The van der Waals surface area contributed by atoms with E-state index in [9.17, 15) is 4.79 Å². The van der Waals surface area contributed by atoms with Crippen LogP contribution in [0, 0.1) is 6.92 Å². The maximum atomic E-state index is 11.7. The zero-order chi connectivity index (χ0) is 11.3. The Kier molecular flexibility index (Phi) is 4.24. The van der Waals surface area contributed by atoms with Crippen LogP contribution in [0.25, 0.3) is 0 Å². The number of pyridine rings is 1. The van der Waals surface area contributed by atoms with Crippen LogP contribution in [0.4, 0.5) is 0 Å². The van der Waals surface area contributed by atoms with E-state index in [0.29, 0.717) is 12.0 Å². The Hall–Kier alpha value is -1.42. The van der Waals surface area contributed by atoms with Crippen molar-refractivity contribution in [3.05, 3.63) is 29.6 Å². The molecule has 0 radical (unpaired) electrons. The number of hydrogen-bond donors (Lipinski definition) is 2. The number of aromatic nitrogens is 1. The lowest BCUT2D eigenvalue weighted by Gasteiger charge is -2.13. The van der Waals surface area contributed by atoms with Crippen molar-refractivity contribution in [3.63, 3.8) is 0 Å². The smallest absolute Gasteiger partial charge is 0.251 e. The number of amides is 1. The van der Waals surface area contributed by atoms with Crippen molar-refractivity contribution in [3.8, 4) is 0 Å². The molecule has 4 nitrogen and oxygen atoms in total. The van der Waals surface area contributed by atoms with E-state index in [1.54, 1.807) is 18.3 Å². The van der Waals surface area contributed by atoms with Gasteiger partial charge in [0.05, 0.1) is 12.6 Å². The summed E-state index contributed by atoms with van der Waals surface area (Å²) >= 11 is 0. The van der Waals surface area contributed by atoms with Crippen LogP contribution in [0.3, 0.4) is 0 Å². The number of carbonyl (C=O) groups excluding carboxylic acids is 1. The van der Waals surface area contributed by atoms with Gasteiger partial charge in [0.25, 0.3) is 5.91 Å². The van der Waals surface area contributed by atoms with Crippen molar-refractivity contribution in [2.45, 2.75) is 26.3 Å². The Morgan fingerprint density at radius 1 is 1.67 bits per heavy atom. The molecular formula is C11H16N2O2. The number of aryl methyl sites for hydroxylation is 1. The minimum absolute atomic E-state index is 0.0354. The number of carbonyl (C=O) groups is 1. The number of rotatable bonds is 4. The van der Waals surface area contributed by atoms with Gasteiger partial charge in [0.15, 0.2) is 0 Å². The highest BCUT2D eigenvalue weighted by Crippen LogP contribution is 2.01. The number of aliphatic hydroxyl groups excluding tert-OH is 1. The molecule has 1 aromatic rings. The third-order valence-electron chi connectivity index (χ3n) is 2.21. The van der Waals surface area contributed by atoms with Crippen molar-refractivity contribution in [2.75, 3.05) is 6.61 Å². The van der Waals surface area contributed by atoms with Gasteiger partial charge in [-0.05, 0) is 25.5 Å². The van der Waals surface area contributed by atoms with Gasteiger partial charge in [-0.2, -0.15) is 0 Å². The summed E-state index contributed by atoms with van der Waals surface area (Å²) in [7, 11) is 0. The molecule has 15 heavy (non-hydrogen) atoms. The second-order valence-electron chi connectivity index (χ2n) is 3.45. The van der Waals surface area contributed by atoms with E-state index in [-0.39, 0.29) is 18.6 Å². The van der Waals surface area contributed by atoms with E-state index in [2.05, 4.69) is 10.3 Å². The zero-order valence-corrected chi connectivity index (χ0v) is 9.03. The third kappa shape index (κ3) is 3.32. The quantitative estimate of drug-likeness (QED) is 0.772. The second kappa shape index (κ2) is 5.46. The summed E-state index contributed by atoms with van der Waals surface area (Å²) in [6.45, 7) is 3.71. The molecule has 2 N–H and O–H groups in total. The normalized spacial score (nSPS) is 12.2. The van der Waals surface area contributed by atoms with Crippen LogP contribution in [0.5, 0.6) is 0 Å². The average Bonchev–Trinajstić information content (AvgIpc) is 2.25. The first-order chi connectivity index (χ1) is 7.17. The highest BCUT2D eigenvalue weighted by atomic mass is 16.3. The molecule has 1 aromatic heterocycles. The van der Waals surface area contributed by atoms with Crippen LogP contribution >= 0.6 is 0 Å². The van der Waals surface area contributed by atoms with Gasteiger partial charge in [0, 0.05) is 17.5 Å². The Bertz CT molecular complexity index is 335. The summed E-state index contributed by atoms with van der Waals surface area (Å²) in [6.07, 6.45) is 2.32. The first kappa shape index (κ1) is 11.7. The SMILES string of the molecule is CC[C@@H](CO)NC(=O)c1ccnc(C)c1. The van der Waals surface area contributed by atoms with Crippen LogP contribution < -0.4 is 5.32 Å². The predicted octanol–water partition coefficient (Wildman–Crippen LogP) is 0.891. The molecular weight excluding hydrogens is 192 g/mol. The van der Waals surface area contributed by atoms with E-state index < -0.39 is 0 Å². The van der Waals surface area contributed by atoms with Gasteiger partial charge >= 0.3 is 0 Å². The Balaban J connectivity index is 2.68. The van der Waals surface area contributed by atoms with Crippen molar-refractivity contribution in [1.82, 2.24) is 10.3 Å². The first-order valence-corrected chi connectivity index (χ1v) is 5.01. The van der Waals surface area contributed by atoms with E-state index in [4.69, 9.17) is 5.11 Å². The van der Waals surface area contributed by atoms with Crippen molar-refractivity contribution >= 4 is 5.91 Å². The largest absolute Gasteiger partial charge is 0.394 e. The lowest BCUT2D eigenvalue weighted by atomic mass is 10.2. The van der Waals surface area contributed by atoms with Gasteiger partial charge in [-0.3, -0.25) is 9.78 Å². The van der Waals surface area contributed by atoms with Gasteiger partial charge in [0.1, 0.15) is 0 Å². The molecule has 1 heterocycles. The fraction of sp³-hybridized carbons (Fsp3) is 0.455. The summed E-state index contributed by atoms with van der Waals surface area (Å²) < 4.78 is 0. The van der Waals surface area contributed by atoms with Gasteiger partial charge < -0.3 is 10.4 Å². The maximum absolute atomic E-state index is 11.7. The summed E-state index contributed by atoms with van der Waals surface area (Å²) in [5, 5.41) is 11.7. The molecule has 0 spiro atoms. The number of nitrogens with one attached hydrogen (secondary N) is 1. The molecule has 0 aliphatic carbocycles. The number of aliphatic hydroxyl groups is 1. The number of hydrogen-bond acceptors (Lipinski definition) is 3. The van der Waals surface area contributed by atoms with E-state index in [0.717, 1.165) is 5.69 Å². The number of nitrogens with zero attached hydrogens (tertiary/aromatic N) is 1. The first-order valence-electron chi connectivity index (χ1n) is 5.01. The molecule has 0 unspecified atom stereocenters. The fourth-order valence-electron chi connectivity index (χ4n) is 1.23. The van der Waals surface area contributed by atoms with Crippen LogP contribution in [-0.2, 0) is 0 Å². The molecule has 0 aliphatic rings. The lowest BCUT2D eigenvalue weighted by Crippen LogP contribution is -2.36. The molecule has 0 aliphatic heterocycles. The van der Waals surface area contributed by atoms with Crippen LogP contribution in [-0.4, -0.2) is 28.6 Å². The average molecular weight is 208 g/mol. The van der Waals surface area contributed by atoms with E-state index in [1.807, 2.05) is 13.8 Å². The minimum atomic E-state index is -0.175. The standard InChI is InChI=1S/C11H16N2O2/c1-3-10(7-14)13-11(15)9-4-5-12-8(2)6-9/h4-6,10,14H,3,7H2,1-2H3,(H,13,15)/t10-/m0/s1. The molecule has 4 heteroatoms. The molecule has 82 valence electrons.